The van der Waals surface area contributed by atoms with E-state index in [1.165, 1.54) is 9.80 Å². The maximum absolute atomic E-state index is 11.1. The Morgan fingerprint density at radius 1 is 1.45 bits per heavy atom. The molecular weight excluding hydrogens is 144 g/mol. The number of amidine groups is 1. The van der Waals surface area contributed by atoms with Gasteiger partial charge < -0.3 is 15.5 Å². The molecule has 3 N–H and O–H groups in total. The average Bonchev–Trinajstić information content (AvgIpc) is 1.84. The lowest BCUT2D eigenvalue weighted by molar-refractivity contribution is 0.187. The summed E-state index contributed by atoms with van der Waals surface area (Å²) in [6, 6.07) is -0.153. The number of likely N-dealkylation sites (N-methyl/N-ethyl adjacent to an activating group) is 1. The van der Waals surface area contributed by atoms with Crippen molar-refractivity contribution in [3.05, 3.63) is 0 Å². The van der Waals surface area contributed by atoms with Gasteiger partial charge in [-0.25, -0.2) is 4.79 Å². The van der Waals surface area contributed by atoms with Crippen molar-refractivity contribution in [1.82, 2.24) is 9.80 Å². The first-order valence-electron chi connectivity index (χ1n) is 3.20. The van der Waals surface area contributed by atoms with Gasteiger partial charge in [-0.3, -0.25) is 5.41 Å². The van der Waals surface area contributed by atoms with E-state index in [2.05, 4.69) is 0 Å². The Kier molecular flexibility index (Phi) is 3.36. The molecule has 0 fully saturated rings. The van der Waals surface area contributed by atoms with Crippen LogP contribution in [-0.2, 0) is 0 Å². The molecule has 0 aliphatic rings. The summed E-state index contributed by atoms with van der Waals surface area (Å²) in [5.41, 5.74) is 5.10. The summed E-state index contributed by atoms with van der Waals surface area (Å²) in [6.45, 7) is 0.178. The Morgan fingerprint density at radius 2 is 1.91 bits per heavy atom. The first-order chi connectivity index (χ1) is 4.95. The minimum absolute atomic E-state index is 0.0114. The lowest BCUT2D eigenvalue weighted by Crippen LogP contribution is -2.40. The minimum Gasteiger partial charge on any atom is -0.386 e. The van der Waals surface area contributed by atoms with Crippen molar-refractivity contribution in [2.45, 2.75) is 0 Å². The van der Waals surface area contributed by atoms with Crippen LogP contribution in [0.1, 0.15) is 0 Å². The average molecular weight is 158 g/mol. The quantitative estimate of drug-likeness (QED) is 0.421. The molecule has 0 aliphatic heterocycles. The molecule has 64 valence electrons. The van der Waals surface area contributed by atoms with Crippen LogP contribution in [0.4, 0.5) is 4.79 Å². The maximum atomic E-state index is 11.1. The van der Waals surface area contributed by atoms with E-state index in [1.54, 1.807) is 21.1 Å². The number of hydrogen-bond acceptors (Lipinski definition) is 2. The number of nitrogens with one attached hydrogen (secondary N) is 1. The number of amides is 2. The molecule has 0 saturated heterocycles. The third-order valence-corrected chi connectivity index (χ3v) is 1.12. The molecule has 5 nitrogen and oxygen atoms in total. The highest BCUT2D eigenvalue weighted by Crippen LogP contribution is 1.88. The Labute approximate surface area is 66.3 Å². The molecule has 5 heteroatoms. The SMILES string of the molecule is CN(C)C(=O)N(C)CC(=N)N. The number of nitrogens with zero attached hydrogens (tertiary/aromatic N) is 2. The predicted molar refractivity (Wildman–Crippen MR) is 43.6 cm³/mol. The van der Waals surface area contributed by atoms with E-state index in [1.807, 2.05) is 0 Å². The van der Waals surface area contributed by atoms with E-state index < -0.39 is 0 Å². The summed E-state index contributed by atoms with van der Waals surface area (Å²) in [5, 5.41) is 6.92. The molecule has 0 rings (SSSR count). The molecule has 0 aromatic carbocycles. The Balaban J connectivity index is 3.93. The molecule has 11 heavy (non-hydrogen) atoms. The van der Waals surface area contributed by atoms with Gasteiger partial charge in [0.15, 0.2) is 0 Å². The van der Waals surface area contributed by atoms with E-state index in [-0.39, 0.29) is 18.4 Å². The smallest absolute Gasteiger partial charge is 0.319 e. The van der Waals surface area contributed by atoms with Crippen LogP contribution < -0.4 is 5.73 Å². The number of nitrogens with two attached hydrogens (primary N) is 1. The summed E-state index contributed by atoms with van der Waals surface area (Å²) in [5.74, 6) is -0.0114. The largest absolute Gasteiger partial charge is 0.386 e. The molecule has 0 radical (unpaired) electrons. The van der Waals surface area contributed by atoms with E-state index in [0.717, 1.165) is 0 Å². The third kappa shape index (κ3) is 3.44. The van der Waals surface area contributed by atoms with Gasteiger partial charge in [0, 0.05) is 21.1 Å². The predicted octanol–water partition coefficient (Wildman–Crippen LogP) is -0.464. The van der Waals surface area contributed by atoms with Gasteiger partial charge in [-0.1, -0.05) is 0 Å². The van der Waals surface area contributed by atoms with Crippen LogP contribution >= 0.6 is 0 Å². The van der Waals surface area contributed by atoms with Gasteiger partial charge in [0.1, 0.15) is 5.84 Å². The van der Waals surface area contributed by atoms with Crippen molar-refractivity contribution in [1.29, 1.82) is 5.41 Å². The lowest BCUT2D eigenvalue weighted by atomic mass is 10.5. The normalized spacial score (nSPS) is 9.00. The summed E-state index contributed by atoms with van der Waals surface area (Å²) in [7, 11) is 4.90. The monoisotopic (exact) mass is 158 g/mol. The zero-order valence-electron chi connectivity index (χ0n) is 7.09. The van der Waals surface area contributed by atoms with Gasteiger partial charge in [-0.05, 0) is 0 Å². The maximum Gasteiger partial charge on any atom is 0.319 e. The summed E-state index contributed by atoms with van der Waals surface area (Å²) in [6.07, 6.45) is 0. The van der Waals surface area contributed by atoms with Crippen LogP contribution in [0, 0.1) is 5.41 Å². The molecule has 0 atom stereocenters. The van der Waals surface area contributed by atoms with Crippen LogP contribution in [0.15, 0.2) is 0 Å². The van der Waals surface area contributed by atoms with Gasteiger partial charge in [0.25, 0.3) is 0 Å². The first-order valence-corrected chi connectivity index (χ1v) is 3.20. The zero-order valence-corrected chi connectivity index (χ0v) is 7.09. The summed E-state index contributed by atoms with van der Waals surface area (Å²) < 4.78 is 0. The lowest BCUT2D eigenvalue weighted by Gasteiger charge is -2.20. The van der Waals surface area contributed by atoms with E-state index >= 15 is 0 Å². The van der Waals surface area contributed by atoms with Crippen LogP contribution in [0.25, 0.3) is 0 Å². The molecule has 0 saturated carbocycles. The number of urea groups is 1. The van der Waals surface area contributed by atoms with Gasteiger partial charge >= 0.3 is 6.03 Å². The number of carbonyl (C=O) groups is 1. The van der Waals surface area contributed by atoms with E-state index in [9.17, 15) is 4.79 Å². The van der Waals surface area contributed by atoms with Gasteiger partial charge in [0.05, 0.1) is 6.54 Å². The standard InChI is InChI=1S/C6H14N4O/c1-9(2)6(11)10(3)4-5(7)8/h4H2,1-3H3,(H3,7,8). The Hall–Kier alpha value is -1.26. The van der Waals surface area contributed by atoms with Crippen molar-refractivity contribution in [3.63, 3.8) is 0 Å². The third-order valence-electron chi connectivity index (χ3n) is 1.12. The van der Waals surface area contributed by atoms with Gasteiger partial charge in [0.2, 0.25) is 0 Å². The van der Waals surface area contributed by atoms with Gasteiger partial charge in [-0.2, -0.15) is 0 Å². The highest BCUT2D eigenvalue weighted by Gasteiger charge is 2.10. The molecule has 2 amide bonds. The van der Waals surface area contributed by atoms with Crippen LogP contribution in [0.3, 0.4) is 0 Å². The Morgan fingerprint density at radius 3 is 2.18 bits per heavy atom. The topological polar surface area (TPSA) is 73.4 Å². The van der Waals surface area contributed by atoms with E-state index in [4.69, 9.17) is 11.1 Å². The fourth-order valence-electron chi connectivity index (χ4n) is 0.665. The molecule has 0 heterocycles. The van der Waals surface area contributed by atoms with Crippen molar-refractivity contribution < 1.29 is 4.79 Å². The fourth-order valence-corrected chi connectivity index (χ4v) is 0.665. The molecule has 0 spiro atoms. The highest BCUT2D eigenvalue weighted by atomic mass is 16.2. The van der Waals surface area contributed by atoms with Crippen molar-refractivity contribution in [2.24, 2.45) is 5.73 Å². The molecule has 0 unspecified atom stereocenters. The minimum atomic E-state index is -0.153. The zero-order chi connectivity index (χ0) is 9.02. The number of carbonyl (C=O) groups excluding carboxylic acids is 1. The molecule has 0 bridgehead atoms. The molecular formula is C6H14N4O. The Bertz CT molecular complexity index is 166. The number of hydrogen-bond donors (Lipinski definition) is 2. The van der Waals surface area contributed by atoms with Crippen LogP contribution in [-0.4, -0.2) is 49.4 Å². The summed E-state index contributed by atoms with van der Waals surface area (Å²) >= 11 is 0. The highest BCUT2D eigenvalue weighted by molar-refractivity contribution is 5.84. The second-order valence-electron chi connectivity index (χ2n) is 2.56. The van der Waals surface area contributed by atoms with Crippen molar-refractivity contribution in [3.8, 4) is 0 Å². The summed E-state index contributed by atoms with van der Waals surface area (Å²) in [4.78, 5) is 13.9. The van der Waals surface area contributed by atoms with Crippen molar-refractivity contribution >= 4 is 11.9 Å². The van der Waals surface area contributed by atoms with Gasteiger partial charge in [-0.15, -0.1) is 0 Å². The fraction of sp³-hybridized carbons (Fsp3) is 0.667. The first kappa shape index (κ1) is 9.74. The van der Waals surface area contributed by atoms with Crippen molar-refractivity contribution in [2.75, 3.05) is 27.7 Å². The molecule has 0 aromatic heterocycles. The number of rotatable bonds is 2. The van der Waals surface area contributed by atoms with Crippen LogP contribution in [0.5, 0.6) is 0 Å². The van der Waals surface area contributed by atoms with E-state index in [0.29, 0.717) is 0 Å². The van der Waals surface area contributed by atoms with Crippen LogP contribution in [0.2, 0.25) is 0 Å². The second kappa shape index (κ2) is 3.80. The molecule has 0 aromatic rings. The second-order valence-corrected chi connectivity index (χ2v) is 2.56. The molecule has 0 aliphatic carbocycles.